The molecule has 0 unspecified atom stereocenters. The van der Waals surface area contributed by atoms with E-state index in [9.17, 15) is 72.8 Å². The number of amides is 3. The highest BCUT2D eigenvalue weighted by molar-refractivity contribution is 6.39. The predicted molar refractivity (Wildman–Crippen MR) is 410 cm³/mol. The van der Waals surface area contributed by atoms with Gasteiger partial charge in [-0.25, -0.2) is 14.0 Å². The summed E-state index contributed by atoms with van der Waals surface area (Å²) in [5.74, 6) is -13.0. The molecule has 618 valence electrons. The molecular formula is C82H120FN5O23. The zero-order valence-corrected chi connectivity index (χ0v) is 67.0. The smallest absolute Gasteiger partial charge is 0.333 e. The molecule has 2 bridgehead atoms. The molecule has 2 saturated heterocycles. The number of aromatic amines is 1. The highest BCUT2D eigenvalue weighted by Gasteiger charge is 2.53. The minimum atomic E-state index is -2.47. The number of aromatic nitrogens is 1. The number of hydrogen-bond donors (Lipinski definition) is 10. The van der Waals surface area contributed by atoms with Gasteiger partial charge in [-0.2, -0.15) is 0 Å². The fourth-order valence-corrected chi connectivity index (χ4v) is 14.6. The van der Waals surface area contributed by atoms with Gasteiger partial charge >= 0.3 is 23.9 Å². The van der Waals surface area contributed by atoms with E-state index in [-0.39, 0.29) is 54.6 Å². The third-order valence-corrected chi connectivity index (χ3v) is 21.9. The zero-order valence-electron chi connectivity index (χ0n) is 67.0. The van der Waals surface area contributed by atoms with E-state index < -0.39 is 151 Å². The third-order valence-electron chi connectivity index (χ3n) is 21.9. The fourth-order valence-electron chi connectivity index (χ4n) is 14.6. The molecule has 3 fully saturated rings. The Morgan fingerprint density at radius 1 is 0.865 bits per heavy atom. The minimum Gasteiger partial charge on any atom is -0.481 e. The number of carbonyl (C=O) groups excluding carboxylic acids is 8. The number of allylic oxidation sites excluding steroid dienone is 6. The highest BCUT2D eigenvalue weighted by Crippen LogP contribution is 2.40. The van der Waals surface area contributed by atoms with Gasteiger partial charge < -0.3 is 89.6 Å². The average molecular weight is 1560 g/mol. The van der Waals surface area contributed by atoms with Crippen LogP contribution in [0, 0.1) is 60.6 Å². The van der Waals surface area contributed by atoms with Gasteiger partial charge in [-0.05, 0) is 171 Å². The summed E-state index contributed by atoms with van der Waals surface area (Å²) in [6.07, 6.45) is 8.90. The fraction of sp³-hybridized carbons (Fsp3) is 0.634. The van der Waals surface area contributed by atoms with Crippen molar-refractivity contribution in [2.75, 3.05) is 72.6 Å². The standard InChI is InChI=1S/C56H87NO16.C22H27FN4O2.C4H6O5/c1-33-17-13-12-14-18-34(2)45(68-9)29-41-22-20-39(7)56(67,73-41)51(63)52(64)57-24-16-15-19-42(57)53(65)71-46(30-43(60)35(3)26-38(6)49(62)50(70-11)48(61)37(5)25-33)36(4)27-40-21-23-44(47(28-40)69-10)72-54(66)55(8,31-58)32-59;1-5-27(6-2)10-9-24-22(29)20-13(3)19(25-14(20)4)12-17-16-11-15(23)7-8-18(16)26-21(17)28;5-2(4(8)9)1-3(6)7/h12-14,17-18,26,33,35-37,39-42,44-47,49-50,58-59,62,67H,15-16,19-25,27-32H2,1-11H3;7-8,11-12,25H,5-6,9-10H2,1-4H3,(H,24,29)(H,26,28);2,5H,1H2,(H,6,7)(H,8,9)/b14-12+,17-13+,34-18+,38-26+;17-12-;/t33-,35-,36-,37-,39-,40+,41+,42+,44-,45+,46+,47-,49-,50+,56-;;2-/m1.0/s1. The number of ether oxygens (including phenoxy) is 6. The average Bonchev–Trinajstić information content (AvgIpc) is 1.74. The van der Waals surface area contributed by atoms with Crippen LogP contribution in [0.5, 0.6) is 0 Å². The van der Waals surface area contributed by atoms with Gasteiger partial charge in [-0.15, -0.1) is 0 Å². The number of aliphatic carboxylic acids is 2. The summed E-state index contributed by atoms with van der Waals surface area (Å²) in [4.78, 5) is 135. The number of aliphatic hydroxyl groups is 5. The molecule has 3 amide bonds. The number of nitrogens with zero attached hydrogens (tertiary/aromatic N) is 2. The maximum Gasteiger partial charge on any atom is 0.333 e. The first-order valence-corrected chi connectivity index (χ1v) is 38.4. The Morgan fingerprint density at radius 2 is 1.55 bits per heavy atom. The quantitative estimate of drug-likeness (QED) is 0.0260. The number of likely N-dealkylation sites (N-methyl/N-ethyl adjacent to an activating group) is 1. The molecule has 2 aromatic rings. The Morgan fingerprint density at radius 3 is 2.16 bits per heavy atom. The summed E-state index contributed by atoms with van der Waals surface area (Å²) >= 11 is 0. The first kappa shape index (κ1) is 93.6. The second-order valence-electron chi connectivity index (χ2n) is 30.4. The summed E-state index contributed by atoms with van der Waals surface area (Å²) in [7, 11) is 4.43. The lowest BCUT2D eigenvalue weighted by Gasteiger charge is -2.42. The number of esters is 2. The summed E-state index contributed by atoms with van der Waals surface area (Å²) in [6.45, 7) is 23.8. The highest BCUT2D eigenvalue weighted by atomic mass is 19.1. The number of carboxylic acid groups (broad SMARTS) is 2. The van der Waals surface area contributed by atoms with Crippen molar-refractivity contribution in [3.63, 3.8) is 0 Å². The Balaban J connectivity index is 0.000000471. The van der Waals surface area contributed by atoms with Gasteiger partial charge in [-0.1, -0.05) is 84.9 Å². The molecule has 5 aliphatic rings. The number of rotatable bonds is 20. The van der Waals surface area contributed by atoms with Crippen LogP contribution in [-0.4, -0.2) is 237 Å². The number of cyclic esters (lactones) is 1. The number of piperidine rings is 1. The molecule has 0 spiro atoms. The second kappa shape index (κ2) is 43.9. The van der Waals surface area contributed by atoms with Crippen molar-refractivity contribution in [3.8, 4) is 0 Å². The third kappa shape index (κ3) is 25.8. The number of Topliss-reactive ketones (excluding diaryl/α,β-unsaturated/α-hetero) is 3. The number of H-pyrrole nitrogens is 1. The van der Waals surface area contributed by atoms with E-state index in [4.69, 9.17) is 43.7 Å². The maximum atomic E-state index is 14.5. The first-order valence-electron chi connectivity index (χ1n) is 38.4. The normalized spacial score (nSPS) is 29.4. The van der Waals surface area contributed by atoms with Gasteiger partial charge in [0.2, 0.25) is 5.79 Å². The Bertz CT molecular complexity index is 3710. The molecule has 16 atom stereocenters. The molecule has 0 radical (unpaired) electrons. The SMILES string of the molecule is CCN(CC)CCNC(=O)c1c(C)[nH]c(/C=C2\C(=O)Nc3ccc(F)cc32)c1C.CO[C@H]1C[C@@H]2CC[C@@H](C)[C@@](O)(O2)C(=O)C(=O)N2CCCC[C@H]2C(=O)O[C@H]([C@H](C)C[C@@H]2CC[C@@H](OC(=O)C(C)(CO)CO)[C@H](OC)C2)CC(=O)[C@H](C)/C=C(\C)[C@@H](O)[C@@H](OC)C(=O)[C@H](C)C[C@H](C)/C=C/C=C/C=C/1C.O=C(O)C[C@H](O)C(=O)O. The zero-order chi connectivity index (χ0) is 82.9. The monoisotopic (exact) mass is 1560 g/mol. The number of methoxy groups -OCH3 is 3. The molecule has 111 heavy (non-hydrogen) atoms. The Kier molecular flexibility index (Phi) is 37.0. The van der Waals surface area contributed by atoms with Gasteiger partial charge in [0.15, 0.2) is 11.9 Å². The van der Waals surface area contributed by atoms with Crippen molar-refractivity contribution in [1.29, 1.82) is 0 Å². The molecule has 5 heterocycles. The summed E-state index contributed by atoms with van der Waals surface area (Å²) in [6, 6.07) is 3.00. The largest absolute Gasteiger partial charge is 0.481 e. The number of aryl methyl sites for hydroxylation is 1. The molecule has 4 aliphatic heterocycles. The van der Waals surface area contributed by atoms with Gasteiger partial charge in [-0.3, -0.25) is 38.4 Å². The van der Waals surface area contributed by atoms with Crippen molar-refractivity contribution in [1.82, 2.24) is 20.1 Å². The Labute approximate surface area is 650 Å². The van der Waals surface area contributed by atoms with Crippen molar-refractivity contribution in [3.05, 3.63) is 99.7 Å². The lowest BCUT2D eigenvalue weighted by molar-refractivity contribution is -0.265. The number of halogens is 1. The number of ketones is 3. The van der Waals surface area contributed by atoms with Crippen LogP contribution in [0.4, 0.5) is 10.1 Å². The van der Waals surface area contributed by atoms with Crippen molar-refractivity contribution >= 4 is 76.3 Å². The van der Waals surface area contributed by atoms with E-state index in [1.807, 2.05) is 65.0 Å². The predicted octanol–water partition coefficient (Wildman–Crippen LogP) is 7.96. The lowest BCUT2D eigenvalue weighted by Crippen LogP contribution is -2.61. The van der Waals surface area contributed by atoms with Gasteiger partial charge in [0.25, 0.3) is 23.5 Å². The molecule has 29 heteroatoms. The van der Waals surface area contributed by atoms with Crippen LogP contribution >= 0.6 is 0 Å². The first-order chi connectivity index (χ1) is 52.4. The van der Waals surface area contributed by atoms with Crippen LogP contribution in [0.25, 0.3) is 11.6 Å². The summed E-state index contributed by atoms with van der Waals surface area (Å²) < 4.78 is 49.1. The number of hydrogen-bond acceptors (Lipinski definition) is 22. The van der Waals surface area contributed by atoms with Gasteiger partial charge in [0.1, 0.15) is 47.5 Å². The van der Waals surface area contributed by atoms with Crippen LogP contribution in [0.3, 0.4) is 0 Å². The van der Waals surface area contributed by atoms with Crippen LogP contribution in [0.15, 0.2) is 65.8 Å². The molecule has 1 aromatic carbocycles. The number of anilines is 1. The molecule has 28 nitrogen and oxygen atoms in total. The molecule has 1 saturated carbocycles. The molecular weight excluding hydrogens is 1440 g/mol. The van der Waals surface area contributed by atoms with Crippen LogP contribution in [0.1, 0.15) is 186 Å². The van der Waals surface area contributed by atoms with E-state index in [1.165, 1.54) is 33.3 Å². The molecule has 10 N–H and O–H groups in total. The van der Waals surface area contributed by atoms with E-state index in [0.29, 0.717) is 104 Å². The lowest BCUT2D eigenvalue weighted by atomic mass is 9.78. The molecule has 7 rings (SSSR count). The molecule has 1 aromatic heterocycles. The van der Waals surface area contributed by atoms with Crippen LogP contribution < -0.4 is 10.6 Å². The van der Waals surface area contributed by atoms with E-state index in [0.717, 1.165) is 41.4 Å². The number of carbonyl (C=O) groups is 10. The Hall–Kier alpha value is -7.97. The topological polar surface area (TPSA) is 414 Å². The number of nitrogens with one attached hydrogen (secondary N) is 3. The molecule has 1 aliphatic carbocycles. The summed E-state index contributed by atoms with van der Waals surface area (Å²) in [5.41, 5.74) is 3.93. The van der Waals surface area contributed by atoms with Crippen molar-refractivity contribution < 1.29 is 117 Å². The van der Waals surface area contributed by atoms with E-state index in [2.05, 4.69) is 34.4 Å². The van der Waals surface area contributed by atoms with Gasteiger partial charge in [0.05, 0.1) is 49.1 Å². The number of fused-ring (bicyclic) bond motifs is 4. The van der Waals surface area contributed by atoms with E-state index in [1.54, 1.807) is 53.0 Å². The maximum absolute atomic E-state index is 14.5. The van der Waals surface area contributed by atoms with Crippen LogP contribution in [0.2, 0.25) is 0 Å². The van der Waals surface area contributed by atoms with Crippen molar-refractivity contribution in [2.24, 2.45) is 40.9 Å². The van der Waals surface area contributed by atoms with E-state index >= 15 is 0 Å². The second-order valence-corrected chi connectivity index (χ2v) is 30.4. The minimum absolute atomic E-state index is 0.00697. The van der Waals surface area contributed by atoms with Gasteiger partial charge in [0, 0.05) is 94.2 Å². The van der Waals surface area contributed by atoms with Crippen molar-refractivity contribution in [2.45, 2.75) is 227 Å². The van der Waals surface area contributed by atoms with Crippen LogP contribution in [-0.2, 0) is 71.6 Å². The number of aliphatic hydroxyl groups excluding tert-OH is 4. The summed E-state index contributed by atoms with van der Waals surface area (Å²) in [5, 5.41) is 72.9. The number of carboxylic acids is 2. The number of benzene rings is 1.